The van der Waals surface area contributed by atoms with Crippen LogP contribution < -0.4 is 0 Å². The van der Waals surface area contributed by atoms with Gasteiger partial charge < -0.3 is 4.74 Å². The molecule has 0 aromatic carbocycles. The van der Waals surface area contributed by atoms with Gasteiger partial charge in [0.05, 0.1) is 6.61 Å². The molecule has 0 amide bonds. The van der Waals surface area contributed by atoms with Crippen LogP contribution in [0.4, 0.5) is 0 Å². The minimum Gasteiger partial charge on any atom is -0.466 e. The van der Waals surface area contributed by atoms with Gasteiger partial charge >= 0.3 is 5.97 Å². The van der Waals surface area contributed by atoms with Crippen LogP contribution in [0, 0.1) is 0 Å². The van der Waals surface area contributed by atoms with E-state index in [-0.39, 0.29) is 5.97 Å². The second-order valence-corrected chi connectivity index (χ2v) is 4.09. The lowest BCUT2D eigenvalue weighted by Gasteiger charge is -2.04. The van der Waals surface area contributed by atoms with Crippen LogP contribution in [-0.4, -0.2) is 12.6 Å². The summed E-state index contributed by atoms with van der Waals surface area (Å²) in [7, 11) is 0. The lowest BCUT2D eigenvalue weighted by atomic mass is 10.1. The normalized spacial score (nSPS) is 10.3. The standard InChI is InChI=1S/C13H26O2/c1-3-5-7-8-9-10-12-15-13(14)11-6-4-2/h3-12H2,1-2H3. The Morgan fingerprint density at radius 3 is 2.13 bits per heavy atom. The Labute approximate surface area is 94.4 Å². The Morgan fingerprint density at radius 1 is 0.867 bits per heavy atom. The highest BCUT2D eigenvalue weighted by molar-refractivity contribution is 5.69. The van der Waals surface area contributed by atoms with Crippen LogP contribution in [0.25, 0.3) is 0 Å². The molecule has 0 aromatic rings. The predicted molar refractivity (Wildman–Crippen MR) is 63.9 cm³/mol. The molecule has 0 N–H and O–H groups in total. The van der Waals surface area contributed by atoms with Crippen LogP contribution in [0.1, 0.15) is 71.6 Å². The van der Waals surface area contributed by atoms with Gasteiger partial charge in [0.15, 0.2) is 0 Å². The molecule has 0 bridgehead atoms. The predicted octanol–water partition coefficient (Wildman–Crippen LogP) is 4.08. The molecule has 0 rings (SSSR count). The smallest absolute Gasteiger partial charge is 0.305 e. The molecule has 0 aliphatic rings. The van der Waals surface area contributed by atoms with Crippen LogP contribution in [0.5, 0.6) is 0 Å². The Morgan fingerprint density at radius 2 is 1.47 bits per heavy atom. The summed E-state index contributed by atoms with van der Waals surface area (Å²) >= 11 is 0. The van der Waals surface area contributed by atoms with Crippen LogP contribution in [-0.2, 0) is 9.53 Å². The van der Waals surface area contributed by atoms with E-state index in [0.717, 1.165) is 19.3 Å². The first-order valence-corrected chi connectivity index (χ1v) is 6.46. The van der Waals surface area contributed by atoms with Crippen LogP contribution in [0.2, 0.25) is 0 Å². The lowest BCUT2D eigenvalue weighted by molar-refractivity contribution is -0.143. The monoisotopic (exact) mass is 214 g/mol. The van der Waals surface area contributed by atoms with Crippen molar-refractivity contribution in [3.63, 3.8) is 0 Å². The second kappa shape index (κ2) is 11.5. The number of unbranched alkanes of at least 4 members (excludes halogenated alkanes) is 6. The van der Waals surface area contributed by atoms with Gasteiger partial charge in [-0.05, 0) is 12.8 Å². The van der Waals surface area contributed by atoms with E-state index in [9.17, 15) is 4.79 Å². The van der Waals surface area contributed by atoms with E-state index in [0.29, 0.717) is 13.0 Å². The minimum absolute atomic E-state index is 0.0228. The first-order valence-electron chi connectivity index (χ1n) is 6.46. The molecular weight excluding hydrogens is 188 g/mol. The molecule has 0 saturated heterocycles. The molecule has 0 heterocycles. The SMILES string of the molecule is CCCCCCCCOC(=O)CCCC. The molecule has 0 saturated carbocycles. The first-order chi connectivity index (χ1) is 7.31. The van der Waals surface area contributed by atoms with Gasteiger partial charge in [0.25, 0.3) is 0 Å². The molecule has 2 heteroatoms. The Kier molecular flexibility index (Phi) is 11.1. The summed E-state index contributed by atoms with van der Waals surface area (Å²) in [6.45, 7) is 4.92. The fraction of sp³-hybridized carbons (Fsp3) is 0.923. The van der Waals surface area contributed by atoms with Crippen molar-refractivity contribution in [3.05, 3.63) is 0 Å². The Bertz CT molecular complexity index is 143. The maximum absolute atomic E-state index is 11.1. The number of hydrogen-bond acceptors (Lipinski definition) is 2. The van der Waals surface area contributed by atoms with E-state index in [1.807, 2.05) is 0 Å². The van der Waals surface area contributed by atoms with Crippen molar-refractivity contribution < 1.29 is 9.53 Å². The summed E-state index contributed by atoms with van der Waals surface area (Å²) in [6.07, 6.45) is 10.0. The fourth-order valence-corrected chi connectivity index (χ4v) is 1.46. The first kappa shape index (κ1) is 14.5. The Hall–Kier alpha value is -0.530. The minimum atomic E-state index is -0.0228. The van der Waals surface area contributed by atoms with Crippen molar-refractivity contribution in [2.24, 2.45) is 0 Å². The van der Waals surface area contributed by atoms with E-state index in [2.05, 4.69) is 13.8 Å². The van der Waals surface area contributed by atoms with Gasteiger partial charge in [-0.25, -0.2) is 0 Å². The number of carbonyl (C=O) groups is 1. The van der Waals surface area contributed by atoms with Crippen LogP contribution in [0.3, 0.4) is 0 Å². The highest BCUT2D eigenvalue weighted by atomic mass is 16.5. The zero-order chi connectivity index (χ0) is 11.4. The zero-order valence-electron chi connectivity index (χ0n) is 10.4. The molecule has 90 valence electrons. The maximum atomic E-state index is 11.1. The molecule has 0 aliphatic heterocycles. The molecule has 2 nitrogen and oxygen atoms in total. The molecule has 0 aliphatic carbocycles. The van der Waals surface area contributed by atoms with Crippen LogP contribution in [0.15, 0.2) is 0 Å². The van der Waals surface area contributed by atoms with E-state index >= 15 is 0 Å². The van der Waals surface area contributed by atoms with Gasteiger partial charge in [-0.15, -0.1) is 0 Å². The molecule has 0 radical (unpaired) electrons. The van der Waals surface area contributed by atoms with Crippen molar-refractivity contribution in [1.82, 2.24) is 0 Å². The largest absolute Gasteiger partial charge is 0.466 e. The molecule has 0 atom stereocenters. The molecule has 0 aromatic heterocycles. The molecular formula is C13H26O2. The Balaban J connectivity index is 3.06. The van der Waals surface area contributed by atoms with Crippen molar-refractivity contribution >= 4 is 5.97 Å². The quantitative estimate of drug-likeness (QED) is 0.404. The maximum Gasteiger partial charge on any atom is 0.305 e. The third-order valence-corrected chi connectivity index (χ3v) is 2.50. The molecule has 0 unspecified atom stereocenters. The van der Waals surface area contributed by atoms with Crippen molar-refractivity contribution in [2.45, 2.75) is 71.6 Å². The topological polar surface area (TPSA) is 26.3 Å². The zero-order valence-corrected chi connectivity index (χ0v) is 10.4. The second-order valence-electron chi connectivity index (χ2n) is 4.09. The average molecular weight is 214 g/mol. The summed E-state index contributed by atoms with van der Waals surface area (Å²) < 4.78 is 5.11. The summed E-state index contributed by atoms with van der Waals surface area (Å²) in [6, 6.07) is 0. The number of carbonyl (C=O) groups excluding carboxylic acids is 1. The van der Waals surface area contributed by atoms with E-state index in [1.165, 1.54) is 32.1 Å². The van der Waals surface area contributed by atoms with E-state index in [4.69, 9.17) is 4.74 Å². The van der Waals surface area contributed by atoms with Gasteiger partial charge in [-0.2, -0.15) is 0 Å². The highest BCUT2D eigenvalue weighted by Crippen LogP contribution is 2.05. The molecule has 0 spiro atoms. The number of esters is 1. The van der Waals surface area contributed by atoms with E-state index < -0.39 is 0 Å². The fourth-order valence-electron chi connectivity index (χ4n) is 1.46. The van der Waals surface area contributed by atoms with Gasteiger partial charge in [0.1, 0.15) is 0 Å². The number of rotatable bonds is 10. The van der Waals surface area contributed by atoms with Crippen molar-refractivity contribution in [2.75, 3.05) is 6.61 Å². The number of ether oxygens (including phenoxy) is 1. The van der Waals surface area contributed by atoms with Crippen molar-refractivity contribution in [1.29, 1.82) is 0 Å². The van der Waals surface area contributed by atoms with Gasteiger partial charge in [0.2, 0.25) is 0 Å². The highest BCUT2D eigenvalue weighted by Gasteiger charge is 2.00. The van der Waals surface area contributed by atoms with Crippen LogP contribution >= 0.6 is 0 Å². The van der Waals surface area contributed by atoms with E-state index in [1.54, 1.807) is 0 Å². The lowest BCUT2D eigenvalue weighted by Crippen LogP contribution is -2.05. The van der Waals surface area contributed by atoms with Crippen molar-refractivity contribution in [3.8, 4) is 0 Å². The molecule has 15 heavy (non-hydrogen) atoms. The summed E-state index contributed by atoms with van der Waals surface area (Å²) in [5.74, 6) is -0.0228. The number of hydrogen-bond donors (Lipinski definition) is 0. The molecule has 0 fully saturated rings. The van der Waals surface area contributed by atoms with Gasteiger partial charge in [-0.3, -0.25) is 4.79 Å². The average Bonchev–Trinajstić information content (AvgIpc) is 2.25. The summed E-state index contributed by atoms with van der Waals surface area (Å²) in [5, 5.41) is 0. The third-order valence-electron chi connectivity index (χ3n) is 2.50. The van der Waals surface area contributed by atoms with Gasteiger partial charge in [-0.1, -0.05) is 52.4 Å². The van der Waals surface area contributed by atoms with Gasteiger partial charge in [0, 0.05) is 6.42 Å². The summed E-state index contributed by atoms with van der Waals surface area (Å²) in [4.78, 5) is 11.1. The summed E-state index contributed by atoms with van der Waals surface area (Å²) in [5.41, 5.74) is 0. The third kappa shape index (κ3) is 11.4.